The number of hydrogen-bond donors (Lipinski definition) is 1. The van der Waals surface area contributed by atoms with Crippen molar-refractivity contribution in [3.8, 4) is 0 Å². The van der Waals surface area contributed by atoms with E-state index in [9.17, 15) is 5.11 Å². The van der Waals surface area contributed by atoms with Crippen molar-refractivity contribution in [2.45, 2.75) is 97.1 Å². The number of fused-ring (bicyclic) bond motifs is 1. The highest BCUT2D eigenvalue weighted by Crippen LogP contribution is 2.57. The van der Waals surface area contributed by atoms with Crippen LogP contribution in [0.15, 0.2) is 0 Å². The second kappa shape index (κ2) is 6.72. The van der Waals surface area contributed by atoms with Crippen molar-refractivity contribution in [3.05, 3.63) is 0 Å². The molecule has 0 aromatic carbocycles. The Bertz CT molecular complexity index is 332. The Morgan fingerprint density at radius 1 is 1.14 bits per heavy atom. The van der Waals surface area contributed by atoms with Crippen LogP contribution in [0.3, 0.4) is 0 Å². The van der Waals surface area contributed by atoms with Crippen LogP contribution in [0.4, 0.5) is 0 Å². The molecule has 0 spiro atoms. The summed E-state index contributed by atoms with van der Waals surface area (Å²) in [7, 11) is -1.51. The standard InChI is InChI=1S/C18H36O2Si/c1-6-21(7-2,8-3)20-17-10-9-13-18(5)15(14(4)19)11-12-16(17)18/h14-17,19H,6-13H2,1-5H3/t14-,15?,16?,17+,18-/m1/s1. The van der Waals surface area contributed by atoms with Crippen molar-refractivity contribution in [1.82, 2.24) is 0 Å². The van der Waals surface area contributed by atoms with Crippen molar-refractivity contribution in [1.29, 1.82) is 0 Å². The van der Waals surface area contributed by atoms with Crippen molar-refractivity contribution >= 4 is 8.32 Å². The maximum Gasteiger partial charge on any atom is 0.192 e. The molecule has 0 aliphatic heterocycles. The van der Waals surface area contributed by atoms with Crippen molar-refractivity contribution in [2.75, 3.05) is 0 Å². The van der Waals surface area contributed by atoms with E-state index in [-0.39, 0.29) is 6.10 Å². The molecule has 0 heterocycles. The van der Waals surface area contributed by atoms with Gasteiger partial charge in [-0.15, -0.1) is 0 Å². The molecule has 0 saturated heterocycles. The van der Waals surface area contributed by atoms with Gasteiger partial charge in [0.1, 0.15) is 0 Å². The zero-order valence-corrected chi connectivity index (χ0v) is 15.8. The van der Waals surface area contributed by atoms with Gasteiger partial charge in [-0.1, -0.05) is 34.1 Å². The number of aliphatic hydroxyl groups is 1. The summed E-state index contributed by atoms with van der Waals surface area (Å²) >= 11 is 0. The molecule has 1 N–H and O–H groups in total. The van der Waals surface area contributed by atoms with Gasteiger partial charge in [0.2, 0.25) is 0 Å². The summed E-state index contributed by atoms with van der Waals surface area (Å²) in [5.74, 6) is 1.16. The maximum atomic E-state index is 10.2. The summed E-state index contributed by atoms with van der Waals surface area (Å²) in [6, 6.07) is 3.75. The van der Waals surface area contributed by atoms with E-state index in [0.717, 1.165) is 0 Å². The highest BCUT2D eigenvalue weighted by molar-refractivity contribution is 6.73. The van der Waals surface area contributed by atoms with Gasteiger partial charge < -0.3 is 9.53 Å². The largest absolute Gasteiger partial charge is 0.414 e. The van der Waals surface area contributed by atoms with E-state index in [2.05, 4.69) is 27.7 Å². The van der Waals surface area contributed by atoms with Crippen LogP contribution in [0.5, 0.6) is 0 Å². The molecule has 2 unspecified atom stereocenters. The van der Waals surface area contributed by atoms with Gasteiger partial charge in [-0.3, -0.25) is 0 Å². The predicted octanol–water partition coefficient (Wildman–Crippen LogP) is 4.97. The molecule has 0 aromatic heterocycles. The third-order valence-electron chi connectivity index (χ3n) is 7.05. The number of rotatable bonds is 6. The third-order valence-corrected chi connectivity index (χ3v) is 11.7. The topological polar surface area (TPSA) is 29.5 Å². The fourth-order valence-electron chi connectivity index (χ4n) is 5.41. The zero-order chi connectivity index (χ0) is 15.7. The lowest BCUT2D eigenvalue weighted by Crippen LogP contribution is -2.49. The second-order valence-corrected chi connectivity index (χ2v) is 12.6. The first-order chi connectivity index (χ1) is 9.92. The highest BCUT2D eigenvalue weighted by atomic mass is 28.4. The Balaban J connectivity index is 2.16. The van der Waals surface area contributed by atoms with Gasteiger partial charge in [0.15, 0.2) is 8.32 Å². The maximum absolute atomic E-state index is 10.2. The minimum atomic E-state index is -1.51. The molecule has 5 atom stereocenters. The lowest BCUT2D eigenvalue weighted by Gasteiger charge is -2.48. The van der Waals surface area contributed by atoms with E-state index in [1.807, 2.05) is 6.92 Å². The van der Waals surface area contributed by atoms with Crippen molar-refractivity contribution in [3.63, 3.8) is 0 Å². The van der Waals surface area contributed by atoms with Gasteiger partial charge in [0.25, 0.3) is 0 Å². The summed E-state index contributed by atoms with van der Waals surface area (Å²) in [5.41, 5.74) is 0.312. The van der Waals surface area contributed by atoms with Gasteiger partial charge in [-0.05, 0) is 68.0 Å². The Morgan fingerprint density at radius 2 is 1.76 bits per heavy atom. The van der Waals surface area contributed by atoms with Crippen LogP contribution in [0.25, 0.3) is 0 Å². The van der Waals surface area contributed by atoms with Crippen molar-refractivity contribution < 1.29 is 9.53 Å². The number of aliphatic hydroxyl groups excluding tert-OH is 1. The molecule has 0 amide bonds. The summed E-state index contributed by atoms with van der Waals surface area (Å²) in [6.45, 7) is 11.4. The van der Waals surface area contributed by atoms with Gasteiger partial charge in [-0.2, -0.15) is 0 Å². The van der Waals surface area contributed by atoms with Gasteiger partial charge in [0, 0.05) is 6.10 Å². The molecule has 2 saturated carbocycles. The summed E-state index contributed by atoms with van der Waals surface area (Å²) in [4.78, 5) is 0. The molecular weight excluding hydrogens is 276 g/mol. The normalized spacial score (nSPS) is 38.3. The third kappa shape index (κ3) is 3.11. The van der Waals surface area contributed by atoms with Crippen LogP contribution in [-0.2, 0) is 4.43 Å². The van der Waals surface area contributed by atoms with Gasteiger partial charge in [-0.25, -0.2) is 0 Å². The van der Waals surface area contributed by atoms with Gasteiger partial charge in [0.05, 0.1) is 6.10 Å². The first-order valence-electron chi connectivity index (χ1n) is 9.28. The van der Waals surface area contributed by atoms with Crippen LogP contribution in [0.2, 0.25) is 18.1 Å². The van der Waals surface area contributed by atoms with E-state index < -0.39 is 8.32 Å². The monoisotopic (exact) mass is 312 g/mol. The van der Waals surface area contributed by atoms with Crippen LogP contribution in [-0.4, -0.2) is 25.6 Å². The smallest absolute Gasteiger partial charge is 0.192 e. The first-order valence-corrected chi connectivity index (χ1v) is 11.8. The Kier molecular flexibility index (Phi) is 5.59. The first kappa shape index (κ1) is 17.5. The van der Waals surface area contributed by atoms with E-state index in [1.54, 1.807) is 0 Å². The molecular formula is C18H36O2Si. The van der Waals surface area contributed by atoms with Crippen LogP contribution < -0.4 is 0 Å². The molecule has 124 valence electrons. The van der Waals surface area contributed by atoms with Gasteiger partial charge >= 0.3 is 0 Å². The predicted molar refractivity (Wildman–Crippen MR) is 91.9 cm³/mol. The average molecular weight is 313 g/mol. The van der Waals surface area contributed by atoms with Crippen LogP contribution in [0.1, 0.15) is 66.7 Å². The Morgan fingerprint density at radius 3 is 2.29 bits per heavy atom. The molecule has 2 rings (SSSR count). The molecule has 3 heteroatoms. The van der Waals surface area contributed by atoms with Crippen LogP contribution >= 0.6 is 0 Å². The van der Waals surface area contributed by atoms with Crippen molar-refractivity contribution in [2.24, 2.45) is 17.3 Å². The molecule has 0 radical (unpaired) electrons. The molecule has 21 heavy (non-hydrogen) atoms. The molecule has 0 aromatic rings. The number of hydrogen-bond acceptors (Lipinski definition) is 2. The molecule has 2 nitrogen and oxygen atoms in total. The minimum Gasteiger partial charge on any atom is -0.414 e. The van der Waals surface area contributed by atoms with E-state index >= 15 is 0 Å². The SMILES string of the molecule is CC[Si](CC)(CC)O[C@H]1CCC[C@@]2(C)C1CCC2[C@@H](C)O. The summed E-state index contributed by atoms with van der Waals surface area (Å²) < 4.78 is 6.89. The average Bonchev–Trinajstić information content (AvgIpc) is 2.83. The molecule has 0 bridgehead atoms. The fourth-order valence-corrected chi connectivity index (χ4v) is 8.34. The van der Waals surface area contributed by atoms with Crippen LogP contribution in [0, 0.1) is 17.3 Å². The lowest BCUT2D eigenvalue weighted by molar-refractivity contribution is -0.0377. The second-order valence-electron chi connectivity index (χ2n) is 7.83. The molecule has 2 fully saturated rings. The quantitative estimate of drug-likeness (QED) is 0.701. The fraction of sp³-hybridized carbons (Fsp3) is 1.00. The summed E-state index contributed by atoms with van der Waals surface area (Å²) in [6.07, 6.45) is 6.58. The lowest BCUT2D eigenvalue weighted by atomic mass is 9.63. The molecule has 2 aliphatic rings. The van der Waals surface area contributed by atoms with E-state index in [1.165, 1.54) is 50.2 Å². The van der Waals surface area contributed by atoms with E-state index in [0.29, 0.717) is 23.4 Å². The minimum absolute atomic E-state index is 0.163. The summed E-state index contributed by atoms with van der Waals surface area (Å²) in [5, 5.41) is 10.2. The highest BCUT2D eigenvalue weighted by Gasteiger charge is 2.53. The Labute approximate surface area is 132 Å². The Hall–Kier alpha value is 0.137. The zero-order valence-electron chi connectivity index (χ0n) is 14.8. The van der Waals surface area contributed by atoms with E-state index in [4.69, 9.17) is 4.43 Å². The molecule has 2 aliphatic carbocycles.